The van der Waals surface area contributed by atoms with E-state index in [1.807, 2.05) is 11.9 Å². The topological polar surface area (TPSA) is 78.3 Å². The average molecular weight is 257 g/mol. The fourth-order valence-electron chi connectivity index (χ4n) is 2.43. The number of hydrogen-bond acceptors (Lipinski definition) is 4. The molecule has 0 bridgehead atoms. The van der Waals surface area contributed by atoms with Gasteiger partial charge in [0.2, 0.25) is 11.7 Å². The summed E-state index contributed by atoms with van der Waals surface area (Å²) in [5.41, 5.74) is -1.96. The highest BCUT2D eigenvalue weighted by atomic mass is 19.1. The van der Waals surface area contributed by atoms with Crippen molar-refractivity contribution in [2.45, 2.75) is 32.4 Å². The van der Waals surface area contributed by atoms with Gasteiger partial charge < -0.3 is 5.11 Å². The van der Waals surface area contributed by atoms with Crippen LogP contribution in [0, 0.1) is 5.82 Å². The normalized spacial score (nSPS) is 20.4. The summed E-state index contributed by atoms with van der Waals surface area (Å²) in [5.74, 6) is -2.19. The molecule has 0 saturated carbocycles. The van der Waals surface area contributed by atoms with Crippen molar-refractivity contribution >= 4 is 0 Å². The highest BCUT2D eigenvalue weighted by Crippen LogP contribution is 2.19. The van der Waals surface area contributed by atoms with Crippen molar-refractivity contribution in [2.24, 2.45) is 0 Å². The molecule has 0 aromatic carbocycles. The molecule has 2 heterocycles. The molecule has 1 saturated heterocycles. The Hall–Kier alpha value is -1.63. The van der Waals surface area contributed by atoms with E-state index in [2.05, 4.69) is 4.90 Å². The lowest BCUT2D eigenvalue weighted by molar-refractivity contribution is 0.230. The van der Waals surface area contributed by atoms with Gasteiger partial charge in [-0.3, -0.25) is 19.2 Å². The molecule has 6 nitrogen and oxygen atoms in total. The molecule has 1 aromatic rings. The van der Waals surface area contributed by atoms with Crippen LogP contribution in [-0.2, 0) is 6.54 Å². The van der Waals surface area contributed by atoms with Crippen LogP contribution >= 0.6 is 0 Å². The second-order valence-corrected chi connectivity index (χ2v) is 4.43. The van der Waals surface area contributed by atoms with Gasteiger partial charge in [0.05, 0.1) is 0 Å². The van der Waals surface area contributed by atoms with E-state index in [0.29, 0.717) is 0 Å². The first-order chi connectivity index (χ1) is 8.54. The van der Waals surface area contributed by atoms with Crippen LogP contribution in [0.15, 0.2) is 9.59 Å². The van der Waals surface area contributed by atoms with E-state index in [0.717, 1.165) is 30.5 Å². The smallest absolute Gasteiger partial charge is 0.331 e. The maximum atomic E-state index is 13.3. The minimum atomic E-state index is -1.31. The Kier molecular flexibility index (Phi) is 3.51. The number of aromatic amines is 1. The van der Waals surface area contributed by atoms with Crippen LogP contribution in [0.3, 0.4) is 0 Å². The monoisotopic (exact) mass is 257 g/mol. The second-order valence-electron chi connectivity index (χ2n) is 4.43. The van der Waals surface area contributed by atoms with Gasteiger partial charge in [0.15, 0.2) is 0 Å². The fraction of sp³-hybridized carbons (Fsp3) is 0.636. The molecule has 0 radical (unpaired) electrons. The Morgan fingerprint density at radius 3 is 2.89 bits per heavy atom. The molecule has 2 N–H and O–H groups in total. The number of halogens is 1. The van der Waals surface area contributed by atoms with Crippen LogP contribution in [-0.4, -0.2) is 38.7 Å². The van der Waals surface area contributed by atoms with E-state index in [-0.39, 0.29) is 12.6 Å². The van der Waals surface area contributed by atoms with E-state index in [9.17, 15) is 19.1 Å². The van der Waals surface area contributed by atoms with Crippen molar-refractivity contribution in [3.05, 3.63) is 26.7 Å². The zero-order valence-electron chi connectivity index (χ0n) is 10.1. The van der Waals surface area contributed by atoms with E-state index >= 15 is 0 Å². The summed E-state index contributed by atoms with van der Waals surface area (Å²) in [5, 5.41) is 9.53. The van der Waals surface area contributed by atoms with Gasteiger partial charge in [0.1, 0.15) is 0 Å². The maximum Gasteiger partial charge on any atom is 0.331 e. The summed E-state index contributed by atoms with van der Waals surface area (Å²) in [6, 6.07) is 0.0869. The van der Waals surface area contributed by atoms with Crippen LogP contribution in [0.25, 0.3) is 0 Å². The van der Waals surface area contributed by atoms with Gasteiger partial charge in [-0.1, -0.05) is 6.92 Å². The lowest BCUT2D eigenvalue weighted by Crippen LogP contribution is -2.39. The second kappa shape index (κ2) is 4.93. The van der Waals surface area contributed by atoms with Gasteiger partial charge >= 0.3 is 5.69 Å². The lowest BCUT2D eigenvalue weighted by atomic mass is 10.2. The molecule has 1 aliphatic rings. The Morgan fingerprint density at radius 1 is 1.50 bits per heavy atom. The molecular formula is C11H16FN3O3. The first kappa shape index (κ1) is 12.8. The Bertz CT molecular complexity index is 551. The number of aromatic hydroxyl groups is 1. The summed E-state index contributed by atoms with van der Waals surface area (Å²) in [7, 11) is 0. The minimum absolute atomic E-state index is 0.0869. The molecule has 1 unspecified atom stereocenters. The molecule has 0 aliphatic carbocycles. The third-order valence-corrected chi connectivity index (χ3v) is 3.42. The Morgan fingerprint density at radius 2 is 2.22 bits per heavy atom. The van der Waals surface area contributed by atoms with Gasteiger partial charge in [-0.05, 0) is 25.9 Å². The molecular weight excluding hydrogens is 241 g/mol. The predicted octanol–water partition coefficient (Wildman–Crippen LogP) is -0.134. The van der Waals surface area contributed by atoms with Gasteiger partial charge in [-0.2, -0.15) is 4.39 Å². The quantitative estimate of drug-likeness (QED) is 0.790. The van der Waals surface area contributed by atoms with E-state index in [1.54, 1.807) is 0 Å². The summed E-state index contributed by atoms with van der Waals surface area (Å²) >= 11 is 0. The number of nitrogens with zero attached hydrogens (tertiary/aromatic N) is 2. The number of nitrogens with one attached hydrogen (secondary N) is 1. The van der Waals surface area contributed by atoms with Crippen molar-refractivity contribution in [2.75, 3.05) is 13.1 Å². The number of aromatic nitrogens is 2. The van der Waals surface area contributed by atoms with Crippen molar-refractivity contribution in [3.8, 4) is 5.88 Å². The van der Waals surface area contributed by atoms with Crippen LogP contribution in [0.1, 0.15) is 19.8 Å². The molecule has 1 atom stereocenters. The predicted molar refractivity (Wildman–Crippen MR) is 63.2 cm³/mol. The largest absolute Gasteiger partial charge is 0.492 e. The first-order valence-corrected chi connectivity index (χ1v) is 6.00. The molecule has 0 amide bonds. The fourth-order valence-corrected chi connectivity index (χ4v) is 2.43. The zero-order chi connectivity index (χ0) is 13.3. The van der Waals surface area contributed by atoms with Crippen molar-refractivity contribution in [3.63, 3.8) is 0 Å². The molecule has 1 aliphatic heterocycles. The van der Waals surface area contributed by atoms with Crippen molar-refractivity contribution in [1.29, 1.82) is 0 Å². The molecule has 1 aromatic heterocycles. The standard InChI is InChI=1S/C11H16FN3O3/c1-2-14-5-3-4-7(14)6-15-10(17)8(12)9(16)13-11(15)18/h7,17H,2-6H2,1H3,(H,13,16,18). The Balaban J connectivity index is 2.32. The molecule has 7 heteroatoms. The SMILES string of the molecule is CCN1CCCC1Cn1c(O)c(F)c(=O)[nH]c1=O. The van der Waals surface area contributed by atoms with E-state index in [4.69, 9.17) is 0 Å². The van der Waals surface area contributed by atoms with Gasteiger partial charge in [-0.25, -0.2) is 4.79 Å². The van der Waals surface area contributed by atoms with Crippen molar-refractivity contribution < 1.29 is 9.50 Å². The summed E-state index contributed by atoms with van der Waals surface area (Å²) in [6.45, 7) is 3.97. The van der Waals surface area contributed by atoms with Crippen LogP contribution in [0.2, 0.25) is 0 Å². The number of likely N-dealkylation sites (N-methyl/N-ethyl adjacent to an activating group) is 1. The molecule has 2 rings (SSSR count). The van der Waals surface area contributed by atoms with Gasteiger partial charge in [-0.15, -0.1) is 0 Å². The molecule has 100 valence electrons. The van der Waals surface area contributed by atoms with Gasteiger partial charge in [0, 0.05) is 12.6 Å². The molecule has 1 fully saturated rings. The third kappa shape index (κ3) is 2.17. The zero-order valence-corrected chi connectivity index (χ0v) is 10.1. The average Bonchev–Trinajstić information content (AvgIpc) is 2.79. The molecule has 0 spiro atoms. The number of rotatable bonds is 3. The highest BCUT2D eigenvalue weighted by molar-refractivity contribution is 5.10. The summed E-state index contributed by atoms with van der Waals surface area (Å²) in [6.07, 6.45) is 1.90. The van der Waals surface area contributed by atoms with Gasteiger partial charge in [0.25, 0.3) is 5.56 Å². The van der Waals surface area contributed by atoms with Crippen LogP contribution in [0.5, 0.6) is 5.88 Å². The van der Waals surface area contributed by atoms with Crippen LogP contribution in [0.4, 0.5) is 4.39 Å². The minimum Gasteiger partial charge on any atom is -0.492 e. The number of H-pyrrole nitrogens is 1. The highest BCUT2D eigenvalue weighted by Gasteiger charge is 2.25. The summed E-state index contributed by atoms with van der Waals surface area (Å²) < 4.78 is 14.1. The lowest BCUT2D eigenvalue weighted by Gasteiger charge is -2.23. The van der Waals surface area contributed by atoms with Crippen LogP contribution < -0.4 is 11.2 Å². The maximum absolute atomic E-state index is 13.3. The Labute approximate surface area is 103 Å². The van der Waals surface area contributed by atoms with Crippen molar-refractivity contribution in [1.82, 2.24) is 14.5 Å². The van der Waals surface area contributed by atoms with E-state index in [1.165, 1.54) is 0 Å². The molecule has 18 heavy (non-hydrogen) atoms. The first-order valence-electron chi connectivity index (χ1n) is 6.00. The third-order valence-electron chi connectivity index (χ3n) is 3.42. The number of hydrogen-bond donors (Lipinski definition) is 2. The summed E-state index contributed by atoms with van der Waals surface area (Å²) in [4.78, 5) is 26.5. The van der Waals surface area contributed by atoms with E-state index < -0.39 is 22.9 Å². The number of likely N-dealkylation sites (tertiary alicyclic amines) is 1.